The molecular formula is C11H20O3. The molecule has 1 rings (SSSR count). The van der Waals surface area contributed by atoms with Gasteiger partial charge in [0, 0.05) is 6.42 Å². The molecule has 0 aliphatic carbocycles. The maximum atomic E-state index is 10.8. The molecule has 1 aliphatic heterocycles. The highest BCUT2D eigenvalue weighted by molar-refractivity contribution is 5.68. The Labute approximate surface area is 85.8 Å². The van der Waals surface area contributed by atoms with Crippen molar-refractivity contribution in [2.75, 3.05) is 13.7 Å². The highest BCUT2D eigenvalue weighted by Crippen LogP contribution is 2.17. The summed E-state index contributed by atoms with van der Waals surface area (Å²) in [5.41, 5.74) is 0. The summed E-state index contributed by atoms with van der Waals surface area (Å²) in [6, 6.07) is 0. The van der Waals surface area contributed by atoms with Gasteiger partial charge in [-0.1, -0.05) is 25.7 Å². The number of methoxy groups -OCH3 is 1. The van der Waals surface area contributed by atoms with Crippen LogP contribution < -0.4 is 0 Å². The lowest BCUT2D eigenvalue weighted by atomic mass is 10.1. The van der Waals surface area contributed by atoms with Gasteiger partial charge in [0.2, 0.25) is 0 Å². The Morgan fingerprint density at radius 3 is 2.57 bits per heavy atom. The fourth-order valence-corrected chi connectivity index (χ4v) is 1.51. The summed E-state index contributed by atoms with van der Waals surface area (Å²) < 4.78 is 9.68. The molecule has 0 amide bonds. The average molecular weight is 200 g/mol. The van der Waals surface area contributed by atoms with Gasteiger partial charge in [0.25, 0.3) is 0 Å². The molecule has 1 atom stereocenters. The first kappa shape index (κ1) is 11.5. The molecule has 1 aliphatic rings. The highest BCUT2D eigenvalue weighted by atomic mass is 16.6. The van der Waals surface area contributed by atoms with E-state index < -0.39 is 0 Å². The summed E-state index contributed by atoms with van der Waals surface area (Å²) in [6.45, 7) is 0.975. The number of ether oxygens (including phenoxy) is 2. The lowest BCUT2D eigenvalue weighted by Gasteiger charge is -2.00. The second-order valence-electron chi connectivity index (χ2n) is 3.84. The van der Waals surface area contributed by atoms with E-state index >= 15 is 0 Å². The second-order valence-corrected chi connectivity index (χ2v) is 3.84. The van der Waals surface area contributed by atoms with Crippen LogP contribution in [-0.4, -0.2) is 25.8 Å². The summed E-state index contributed by atoms with van der Waals surface area (Å²) in [7, 11) is 1.44. The van der Waals surface area contributed by atoms with Crippen LogP contribution in [0.25, 0.3) is 0 Å². The quantitative estimate of drug-likeness (QED) is 0.343. The van der Waals surface area contributed by atoms with Gasteiger partial charge in [0.1, 0.15) is 0 Å². The molecule has 0 unspecified atom stereocenters. The average Bonchev–Trinajstić information content (AvgIpc) is 2.99. The number of hydrogen-bond donors (Lipinski definition) is 0. The molecule has 14 heavy (non-hydrogen) atoms. The number of esters is 1. The van der Waals surface area contributed by atoms with E-state index in [-0.39, 0.29) is 5.97 Å². The Balaban J connectivity index is 1.72. The molecule has 82 valence electrons. The number of rotatable bonds is 8. The summed E-state index contributed by atoms with van der Waals surface area (Å²) in [5.74, 6) is -0.0867. The van der Waals surface area contributed by atoms with Crippen molar-refractivity contribution in [2.24, 2.45) is 0 Å². The maximum absolute atomic E-state index is 10.8. The summed E-state index contributed by atoms with van der Waals surface area (Å²) >= 11 is 0. The van der Waals surface area contributed by atoms with Crippen molar-refractivity contribution in [3.8, 4) is 0 Å². The fourth-order valence-electron chi connectivity index (χ4n) is 1.51. The molecule has 1 heterocycles. The molecule has 0 aromatic rings. The maximum Gasteiger partial charge on any atom is 0.305 e. The summed E-state index contributed by atoms with van der Waals surface area (Å²) in [6.07, 6.45) is 8.23. The molecule has 0 radical (unpaired) electrons. The van der Waals surface area contributed by atoms with Gasteiger partial charge in [0.15, 0.2) is 0 Å². The van der Waals surface area contributed by atoms with Gasteiger partial charge in [-0.15, -0.1) is 0 Å². The molecule has 0 N–H and O–H groups in total. The van der Waals surface area contributed by atoms with E-state index in [1.165, 1.54) is 32.8 Å². The number of carbonyl (C=O) groups excluding carboxylic acids is 1. The molecule has 0 saturated carbocycles. The lowest BCUT2D eigenvalue weighted by molar-refractivity contribution is -0.140. The molecule has 0 spiro atoms. The van der Waals surface area contributed by atoms with Crippen LogP contribution in [0.2, 0.25) is 0 Å². The first-order chi connectivity index (χ1) is 6.83. The van der Waals surface area contributed by atoms with Crippen LogP contribution in [0.5, 0.6) is 0 Å². The van der Waals surface area contributed by atoms with E-state index in [4.69, 9.17) is 4.74 Å². The van der Waals surface area contributed by atoms with Crippen molar-refractivity contribution in [2.45, 2.75) is 51.0 Å². The Bertz CT molecular complexity index is 164. The third-order valence-corrected chi connectivity index (χ3v) is 2.54. The molecule has 0 aromatic carbocycles. The topological polar surface area (TPSA) is 38.8 Å². The lowest BCUT2D eigenvalue weighted by Crippen LogP contribution is -1.99. The van der Waals surface area contributed by atoms with Gasteiger partial charge in [-0.05, 0) is 12.8 Å². The van der Waals surface area contributed by atoms with E-state index in [9.17, 15) is 4.79 Å². The normalized spacial score (nSPS) is 19.4. The van der Waals surface area contributed by atoms with Crippen molar-refractivity contribution < 1.29 is 14.3 Å². The van der Waals surface area contributed by atoms with Crippen molar-refractivity contribution >= 4 is 5.97 Å². The highest BCUT2D eigenvalue weighted by Gasteiger charge is 2.20. The molecule has 0 aromatic heterocycles. The van der Waals surface area contributed by atoms with Crippen LogP contribution in [0.1, 0.15) is 44.9 Å². The second kappa shape index (κ2) is 6.82. The number of carbonyl (C=O) groups is 1. The van der Waals surface area contributed by atoms with E-state index in [1.54, 1.807) is 0 Å². The van der Waals surface area contributed by atoms with Crippen molar-refractivity contribution in [1.82, 2.24) is 0 Å². The molecule has 3 heteroatoms. The number of hydrogen-bond acceptors (Lipinski definition) is 3. The van der Waals surface area contributed by atoms with Crippen LogP contribution in [0.15, 0.2) is 0 Å². The minimum Gasteiger partial charge on any atom is -0.469 e. The molecule has 1 fully saturated rings. The Morgan fingerprint density at radius 2 is 1.93 bits per heavy atom. The van der Waals surface area contributed by atoms with Gasteiger partial charge in [-0.2, -0.15) is 0 Å². The monoisotopic (exact) mass is 200 g/mol. The van der Waals surface area contributed by atoms with Crippen LogP contribution >= 0.6 is 0 Å². The molecule has 1 saturated heterocycles. The van der Waals surface area contributed by atoms with Crippen LogP contribution in [0.3, 0.4) is 0 Å². The van der Waals surface area contributed by atoms with Gasteiger partial charge < -0.3 is 9.47 Å². The van der Waals surface area contributed by atoms with Gasteiger partial charge in [-0.3, -0.25) is 4.79 Å². The third kappa shape index (κ3) is 5.97. The van der Waals surface area contributed by atoms with Gasteiger partial charge >= 0.3 is 5.97 Å². The Kier molecular flexibility index (Phi) is 5.60. The van der Waals surface area contributed by atoms with Crippen LogP contribution in [0.4, 0.5) is 0 Å². The zero-order valence-corrected chi connectivity index (χ0v) is 8.96. The van der Waals surface area contributed by atoms with E-state index in [0.717, 1.165) is 19.4 Å². The number of epoxide rings is 1. The van der Waals surface area contributed by atoms with E-state index in [0.29, 0.717) is 12.5 Å². The minimum atomic E-state index is -0.0867. The van der Waals surface area contributed by atoms with Crippen molar-refractivity contribution in [3.05, 3.63) is 0 Å². The largest absolute Gasteiger partial charge is 0.469 e. The van der Waals surface area contributed by atoms with Gasteiger partial charge in [-0.25, -0.2) is 0 Å². The molecule has 0 bridgehead atoms. The summed E-state index contributed by atoms with van der Waals surface area (Å²) in [4.78, 5) is 10.8. The third-order valence-electron chi connectivity index (χ3n) is 2.54. The van der Waals surface area contributed by atoms with Crippen LogP contribution in [-0.2, 0) is 14.3 Å². The van der Waals surface area contributed by atoms with E-state index in [2.05, 4.69) is 4.74 Å². The summed E-state index contributed by atoms with van der Waals surface area (Å²) in [5, 5.41) is 0. The molecule has 3 nitrogen and oxygen atoms in total. The molecular weight excluding hydrogens is 180 g/mol. The fraction of sp³-hybridized carbons (Fsp3) is 0.909. The zero-order chi connectivity index (χ0) is 10.2. The smallest absolute Gasteiger partial charge is 0.305 e. The minimum absolute atomic E-state index is 0.0867. The van der Waals surface area contributed by atoms with Gasteiger partial charge in [0.05, 0.1) is 19.8 Å². The first-order valence-electron chi connectivity index (χ1n) is 5.51. The SMILES string of the molecule is COC(=O)CCCCCCC[C@H]1CO1. The number of unbranched alkanes of at least 4 members (excludes halogenated alkanes) is 4. The standard InChI is InChI=1S/C11H20O3/c1-13-11(12)8-6-4-2-3-5-7-10-9-14-10/h10H,2-9H2,1H3/t10-/m0/s1. The predicted octanol–water partition coefficient (Wildman–Crippen LogP) is 2.29. The van der Waals surface area contributed by atoms with E-state index in [1.807, 2.05) is 0 Å². The first-order valence-corrected chi connectivity index (χ1v) is 5.51. The predicted molar refractivity (Wildman–Crippen MR) is 54.1 cm³/mol. The zero-order valence-electron chi connectivity index (χ0n) is 8.96. The van der Waals surface area contributed by atoms with Crippen LogP contribution in [0, 0.1) is 0 Å². The Morgan fingerprint density at radius 1 is 1.29 bits per heavy atom. The Hall–Kier alpha value is -0.570. The van der Waals surface area contributed by atoms with Crippen molar-refractivity contribution in [3.63, 3.8) is 0 Å². The van der Waals surface area contributed by atoms with Crippen molar-refractivity contribution in [1.29, 1.82) is 0 Å².